The molecule has 0 aromatic carbocycles. The fourth-order valence-electron chi connectivity index (χ4n) is 1.02. The molecule has 1 aromatic heterocycles. The maximum absolute atomic E-state index is 5.95. The molecule has 1 aromatic rings. The highest BCUT2D eigenvalue weighted by molar-refractivity contribution is 7.99. The predicted octanol–water partition coefficient (Wildman–Crippen LogP) is 2.43. The maximum atomic E-state index is 5.95. The van der Waals surface area contributed by atoms with Crippen LogP contribution in [0, 0.1) is 0 Å². The lowest BCUT2D eigenvalue weighted by atomic mass is 10.3. The van der Waals surface area contributed by atoms with Gasteiger partial charge in [0.15, 0.2) is 0 Å². The minimum Gasteiger partial charge on any atom is -0.384 e. The van der Waals surface area contributed by atoms with Gasteiger partial charge in [0.25, 0.3) is 0 Å². The smallest absolute Gasteiger partial charge is 0.136 e. The van der Waals surface area contributed by atoms with Crippen molar-refractivity contribution in [3.05, 3.63) is 17.0 Å². The third-order valence-corrected chi connectivity index (χ3v) is 3.05. The highest BCUT2D eigenvalue weighted by atomic mass is 35.5. The molecule has 0 amide bonds. The number of halogens is 1. The Morgan fingerprint density at radius 3 is 2.93 bits per heavy atom. The van der Waals surface area contributed by atoms with Crippen molar-refractivity contribution in [3.63, 3.8) is 0 Å². The van der Waals surface area contributed by atoms with Gasteiger partial charge in [-0.1, -0.05) is 18.5 Å². The zero-order valence-electron chi connectivity index (χ0n) is 8.29. The van der Waals surface area contributed by atoms with E-state index in [1.807, 2.05) is 6.92 Å². The van der Waals surface area contributed by atoms with Gasteiger partial charge in [-0.25, -0.2) is 9.97 Å². The van der Waals surface area contributed by atoms with Crippen LogP contribution < -0.4 is 0 Å². The Labute approximate surface area is 93.2 Å². The van der Waals surface area contributed by atoms with E-state index in [-0.39, 0.29) is 0 Å². The molecule has 0 bridgehead atoms. The van der Waals surface area contributed by atoms with Gasteiger partial charge in [-0.2, -0.15) is 0 Å². The SMILES string of the molecule is CCc1c(Cl)ncnc1SCCOC. The van der Waals surface area contributed by atoms with E-state index in [0.29, 0.717) is 5.15 Å². The van der Waals surface area contributed by atoms with Crippen LogP contribution in [0.15, 0.2) is 11.4 Å². The van der Waals surface area contributed by atoms with Crippen molar-refractivity contribution in [2.75, 3.05) is 19.5 Å². The van der Waals surface area contributed by atoms with Crippen molar-refractivity contribution in [2.45, 2.75) is 18.4 Å². The fourth-order valence-corrected chi connectivity index (χ4v) is 2.32. The molecule has 0 spiro atoms. The standard InChI is InChI=1S/C9H13ClN2OS/c1-3-7-8(10)11-6-12-9(7)14-5-4-13-2/h6H,3-5H2,1-2H3. The van der Waals surface area contributed by atoms with E-state index < -0.39 is 0 Å². The van der Waals surface area contributed by atoms with Crippen LogP contribution in [-0.4, -0.2) is 29.4 Å². The van der Waals surface area contributed by atoms with E-state index in [0.717, 1.165) is 29.4 Å². The summed E-state index contributed by atoms with van der Waals surface area (Å²) in [6.45, 7) is 2.76. The summed E-state index contributed by atoms with van der Waals surface area (Å²) in [6.07, 6.45) is 2.35. The zero-order chi connectivity index (χ0) is 10.4. The van der Waals surface area contributed by atoms with Gasteiger partial charge in [-0.15, -0.1) is 11.8 Å². The number of hydrogen-bond donors (Lipinski definition) is 0. The molecule has 3 nitrogen and oxygen atoms in total. The van der Waals surface area contributed by atoms with E-state index in [9.17, 15) is 0 Å². The highest BCUT2D eigenvalue weighted by Crippen LogP contribution is 2.24. The van der Waals surface area contributed by atoms with Gasteiger partial charge < -0.3 is 4.74 Å². The van der Waals surface area contributed by atoms with Gasteiger partial charge in [0.2, 0.25) is 0 Å². The molecule has 0 fully saturated rings. The molecule has 0 atom stereocenters. The second kappa shape index (κ2) is 6.22. The Hall–Kier alpha value is -0.320. The maximum Gasteiger partial charge on any atom is 0.136 e. The van der Waals surface area contributed by atoms with Gasteiger partial charge >= 0.3 is 0 Å². The van der Waals surface area contributed by atoms with Crippen LogP contribution in [0.1, 0.15) is 12.5 Å². The molecule has 78 valence electrons. The second-order valence-electron chi connectivity index (χ2n) is 2.64. The quantitative estimate of drug-likeness (QED) is 0.444. The Kier molecular flexibility index (Phi) is 5.22. The third kappa shape index (κ3) is 3.12. The molecule has 0 aliphatic carbocycles. The molecule has 0 aliphatic heterocycles. The van der Waals surface area contributed by atoms with Crippen molar-refractivity contribution >= 4 is 23.4 Å². The molecule has 0 unspecified atom stereocenters. The number of thioether (sulfide) groups is 1. The van der Waals surface area contributed by atoms with Crippen LogP contribution in [0.4, 0.5) is 0 Å². The van der Waals surface area contributed by atoms with Crippen LogP contribution >= 0.6 is 23.4 Å². The monoisotopic (exact) mass is 232 g/mol. The first-order valence-corrected chi connectivity index (χ1v) is 5.77. The summed E-state index contributed by atoms with van der Waals surface area (Å²) in [5, 5.41) is 1.52. The molecule has 0 N–H and O–H groups in total. The Balaban J connectivity index is 2.70. The van der Waals surface area contributed by atoms with Crippen LogP contribution in [0.5, 0.6) is 0 Å². The molecule has 1 rings (SSSR count). The summed E-state index contributed by atoms with van der Waals surface area (Å²) in [7, 11) is 1.69. The van der Waals surface area contributed by atoms with E-state index in [2.05, 4.69) is 9.97 Å². The summed E-state index contributed by atoms with van der Waals surface area (Å²) in [6, 6.07) is 0. The molecular weight excluding hydrogens is 220 g/mol. The van der Waals surface area contributed by atoms with E-state index in [1.54, 1.807) is 18.9 Å². The van der Waals surface area contributed by atoms with E-state index in [4.69, 9.17) is 16.3 Å². The Morgan fingerprint density at radius 1 is 1.50 bits per heavy atom. The van der Waals surface area contributed by atoms with Crippen molar-refractivity contribution in [2.24, 2.45) is 0 Å². The first kappa shape index (κ1) is 11.8. The first-order valence-electron chi connectivity index (χ1n) is 4.40. The molecule has 14 heavy (non-hydrogen) atoms. The lowest BCUT2D eigenvalue weighted by molar-refractivity contribution is 0.218. The molecule has 5 heteroatoms. The molecular formula is C9H13ClN2OS. The minimum absolute atomic E-state index is 0.558. The Bertz CT molecular complexity index is 296. The Morgan fingerprint density at radius 2 is 2.29 bits per heavy atom. The lowest BCUT2D eigenvalue weighted by Crippen LogP contribution is -1.97. The van der Waals surface area contributed by atoms with Gasteiger partial charge in [0.05, 0.1) is 6.61 Å². The number of methoxy groups -OCH3 is 1. The number of ether oxygens (including phenoxy) is 1. The summed E-state index contributed by atoms with van der Waals surface area (Å²) >= 11 is 7.60. The molecule has 0 aliphatic rings. The highest BCUT2D eigenvalue weighted by Gasteiger charge is 2.07. The molecule has 0 radical (unpaired) electrons. The van der Waals surface area contributed by atoms with Crippen LogP contribution in [0.3, 0.4) is 0 Å². The summed E-state index contributed by atoms with van der Waals surface area (Å²) in [5.41, 5.74) is 1.02. The van der Waals surface area contributed by atoms with E-state index in [1.165, 1.54) is 6.33 Å². The molecule has 1 heterocycles. The van der Waals surface area contributed by atoms with E-state index >= 15 is 0 Å². The normalized spacial score (nSPS) is 10.5. The summed E-state index contributed by atoms with van der Waals surface area (Å²) in [5.74, 6) is 0.886. The van der Waals surface area contributed by atoms with Crippen LogP contribution in [0.2, 0.25) is 5.15 Å². The van der Waals surface area contributed by atoms with Gasteiger partial charge in [0, 0.05) is 18.4 Å². The lowest BCUT2D eigenvalue weighted by Gasteiger charge is -2.06. The third-order valence-electron chi connectivity index (χ3n) is 1.73. The minimum atomic E-state index is 0.558. The summed E-state index contributed by atoms with van der Waals surface area (Å²) < 4.78 is 4.97. The summed E-state index contributed by atoms with van der Waals surface area (Å²) in [4.78, 5) is 8.14. The largest absolute Gasteiger partial charge is 0.384 e. The zero-order valence-corrected chi connectivity index (χ0v) is 9.86. The van der Waals surface area contributed by atoms with Crippen LogP contribution in [-0.2, 0) is 11.2 Å². The van der Waals surface area contributed by atoms with Crippen molar-refractivity contribution in [1.82, 2.24) is 9.97 Å². The van der Waals surface area contributed by atoms with Crippen molar-refractivity contribution in [1.29, 1.82) is 0 Å². The van der Waals surface area contributed by atoms with Crippen LogP contribution in [0.25, 0.3) is 0 Å². The second-order valence-corrected chi connectivity index (χ2v) is 4.08. The molecule has 0 saturated heterocycles. The number of hydrogen-bond acceptors (Lipinski definition) is 4. The topological polar surface area (TPSA) is 35.0 Å². The van der Waals surface area contributed by atoms with Crippen molar-refractivity contribution < 1.29 is 4.74 Å². The number of nitrogens with zero attached hydrogens (tertiary/aromatic N) is 2. The fraction of sp³-hybridized carbons (Fsp3) is 0.556. The van der Waals surface area contributed by atoms with Gasteiger partial charge in [-0.05, 0) is 6.42 Å². The number of rotatable bonds is 5. The first-order chi connectivity index (χ1) is 6.79. The predicted molar refractivity (Wildman–Crippen MR) is 59.0 cm³/mol. The molecule has 0 saturated carbocycles. The van der Waals surface area contributed by atoms with Gasteiger partial charge in [-0.3, -0.25) is 0 Å². The average molecular weight is 233 g/mol. The average Bonchev–Trinajstić information content (AvgIpc) is 2.18. The van der Waals surface area contributed by atoms with Gasteiger partial charge in [0.1, 0.15) is 16.5 Å². The number of aromatic nitrogens is 2. The van der Waals surface area contributed by atoms with Crippen molar-refractivity contribution in [3.8, 4) is 0 Å².